The zero-order valence-corrected chi connectivity index (χ0v) is 14.5. The second-order valence-electron chi connectivity index (χ2n) is 5.06. The summed E-state index contributed by atoms with van der Waals surface area (Å²) in [6.07, 6.45) is 4.57. The van der Waals surface area contributed by atoms with Crippen LogP contribution in [0.25, 0.3) is 5.95 Å². The van der Waals surface area contributed by atoms with Crippen molar-refractivity contribution >= 4 is 34.9 Å². The minimum absolute atomic E-state index is 0.366. The van der Waals surface area contributed by atoms with E-state index in [0.29, 0.717) is 27.5 Å². The van der Waals surface area contributed by atoms with E-state index in [1.54, 1.807) is 43.6 Å². The monoisotopic (exact) mass is 377 g/mol. The van der Waals surface area contributed by atoms with Gasteiger partial charge >= 0.3 is 6.03 Å². The van der Waals surface area contributed by atoms with Crippen molar-refractivity contribution in [2.75, 3.05) is 5.32 Å². The Morgan fingerprint density at radius 2 is 1.80 bits per heavy atom. The highest BCUT2D eigenvalue weighted by Crippen LogP contribution is 2.22. The minimum atomic E-state index is -0.444. The smallest absolute Gasteiger partial charge is 0.319 e. The van der Waals surface area contributed by atoms with Gasteiger partial charge in [-0.1, -0.05) is 23.2 Å². The molecule has 0 bridgehead atoms. The molecule has 8 nitrogen and oxygen atoms in total. The predicted molar refractivity (Wildman–Crippen MR) is 94.0 cm³/mol. The highest BCUT2D eigenvalue weighted by Gasteiger charge is 2.18. The van der Waals surface area contributed by atoms with Crippen molar-refractivity contribution in [2.24, 2.45) is 0 Å². The maximum absolute atomic E-state index is 12.2. The molecule has 0 aliphatic rings. The van der Waals surface area contributed by atoms with Gasteiger partial charge in [0.1, 0.15) is 6.33 Å². The molecule has 3 aromatic rings. The lowest BCUT2D eigenvalue weighted by molar-refractivity contribution is 0.248. The number of carbonyl (C=O) groups excluding carboxylic acids is 1. The summed E-state index contributed by atoms with van der Waals surface area (Å²) in [5, 5.41) is 10.4. The minimum Gasteiger partial charge on any atom is -0.328 e. The lowest BCUT2D eigenvalue weighted by Gasteiger charge is -2.14. The van der Waals surface area contributed by atoms with E-state index >= 15 is 0 Å². The second-order valence-corrected chi connectivity index (χ2v) is 5.93. The first-order valence-corrected chi connectivity index (χ1v) is 7.99. The Kier molecular flexibility index (Phi) is 5.11. The molecule has 0 radical (unpaired) electrons. The molecule has 2 aromatic heterocycles. The van der Waals surface area contributed by atoms with E-state index in [1.165, 1.54) is 11.0 Å². The Labute approximate surface area is 153 Å². The van der Waals surface area contributed by atoms with Gasteiger partial charge in [-0.2, -0.15) is 9.78 Å². The Balaban J connectivity index is 1.71. The molecule has 0 saturated carbocycles. The van der Waals surface area contributed by atoms with Gasteiger partial charge in [-0.15, -0.1) is 0 Å². The molecule has 128 valence electrons. The van der Waals surface area contributed by atoms with Crippen LogP contribution >= 0.6 is 23.2 Å². The first-order chi connectivity index (χ1) is 12.0. The van der Waals surface area contributed by atoms with Crippen molar-refractivity contribution in [1.29, 1.82) is 0 Å². The van der Waals surface area contributed by atoms with Crippen LogP contribution in [0.1, 0.15) is 18.8 Å². The number of hydrogen-bond donors (Lipinski definition) is 2. The molecule has 10 heteroatoms. The van der Waals surface area contributed by atoms with Crippen molar-refractivity contribution in [3.8, 4) is 5.95 Å². The Bertz CT molecular complexity index is 864. The summed E-state index contributed by atoms with van der Waals surface area (Å²) < 4.78 is 1.46. The number of carbonyl (C=O) groups is 1. The van der Waals surface area contributed by atoms with E-state index in [1.807, 2.05) is 0 Å². The van der Waals surface area contributed by atoms with E-state index in [4.69, 9.17) is 23.2 Å². The maximum Gasteiger partial charge on any atom is 0.319 e. The topological polar surface area (TPSA) is 97.6 Å². The van der Waals surface area contributed by atoms with Crippen LogP contribution in [0.5, 0.6) is 0 Å². The van der Waals surface area contributed by atoms with Crippen molar-refractivity contribution in [3.63, 3.8) is 0 Å². The van der Waals surface area contributed by atoms with E-state index in [0.717, 1.165) is 0 Å². The fraction of sp³-hybridized carbons (Fsp3) is 0.133. The van der Waals surface area contributed by atoms with Gasteiger partial charge in [0, 0.05) is 28.1 Å². The number of urea groups is 1. The average Bonchev–Trinajstić information content (AvgIpc) is 3.04. The van der Waals surface area contributed by atoms with Gasteiger partial charge in [-0.25, -0.2) is 19.7 Å². The van der Waals surface area contributed by atoms with Gasteiger partial charge in [0.2, 0.25) is 0 Å². The number of nitrogens with zero attached hydrogens (tertiary/aromatic N) is 5. The van der Waals surface area contributed by atoms with Gasteiger partial charge in [0.15, 0.2) is 5.82 Å². The van der Waals surface area contributed by atoms with Crippen LogP contribution in [0, 0.1) is 0 Å². The van der Waals surface area contributed by atoms with Crippen LogP contribution in [0.15, 0.2) is 43.0 Å². The SMILES string of the molecule is CC(NC(=O)Nc1cc(Cl)cc(Cl)c1)c1ncnn1-c1ncccn1. The first kappa shape index (κ1) is 17.1. The van der Waals surface area contributed by atoms with Crippen molar-refractivity contribution in [1.82, 2.24) is 30.0 Å². The first-order valence-electron chi connectivity index (χ1n) is 7.24. The Morgan fingerprint density at radius 3 is 2.48 bits per heavy atom. The standard InChI is InChI=1S/C15H13Cl2N7O/c1-9(13-20-8-21-24(13)14-18-3-2-4-19-14)22-15(25)23-12-6-10(16)5-11(17)7-12/h2-9H,1H3,(H2,22,23,25). The number of halogens is 2. The normalized spacial score (nSPS) is 11.8. The van der Waals surface area contributed by atoms with Crippen LogP contribution in [-0.2, 0) is 0 Å². The molecule has 1 unspecified atom stereocenters. The molecule has 2 N–H and O–H groups in total. The van der Waals surface area contributed by atoms with E-state index in [-0.39, 0.29) is 0 Å². The van der Waals surface area contributed by atoms with E-state index in [2.05, 4.69) is 30.7 Å². The summed E-state index contributed by atoms with van der Waals surface area (Å²) in [6, 6.07) is 5.59. The summed E-state index contributed by atoms with van der Waals surface area (Å²) in [5.74, 6) is 0.858. The molecule has 0 aliphatic carbocycles. The number of anilines is 1. The highest BCUT2D eigenvalue weighted by atomic mass is 35.5. The van der Waals surface area contributed by atoms with Crippen LogP contribution < -0.4 is 10.6 Å². The van der Waals surface area contributed by atoms with Crippen molar-refractivity contribution < 1.29 is 4.79 Å². The molecule has 0 fully saturated rings. The number of hydrogen-bond acceptors (Lipinski definition) is 5. The fourth-order valence-electron chi connectivity index (χ4n) is 2.15. The molecule has 0 aliphatic heterocycles. The van der Waals surface area contributed by atoms with Gasteiger partial charge in [-0.3, -0.25) is 0 Å². The summed E-state index contributed by atoms with van der Waals surface area (Å²) in [4.78, 5) is 24.6. The summed E-state index contributed by atoms with van der Waals surface area (Å²) in [5.41, 5.74) is 0.482. The van der Waals surface area contributed by atoms with Crippen molar-refractivity contribution in [3.05, 3.63) is 58.9 Å². The summed E-state index contributed by atoms with van der Waals surface area (Å²) >= 11 is 11.8. The van der Waals surface area contributed by atoms with Crippen LogP contribution in [0.2, 0.25) is 10.0 Å². The van der Waals surface area contributed by atoms with Gasteiger partial charge in [0.25, 0.3) is 5.95 Å². The molecule has 1 atom stereocenters. The average molecular weight is 378 g/mol. The van der Waals surface area contributed by atoms with Crippen molar-refractivity contribution in [2.45, 2.75) is 13.0 Å². The molecule has 3 rings (SSSR count). The predicted octanol–water partition coefficient (Wildman–Crippen LogP) is 3.25. The molecular weight excluding hydrogens is 365 g/mol. The van der Waals surface area contributed by atoms with E-state index in [9.17, 15) is 4.79 Å². The van der Waals surface area contributed by atoms with Crippen LogP contribution in [0.4, 0.5) is 10.5 Å². The lowest BCUT2D eigenvalue weighted by atomic mass is 10.3. The maximum atomic E-state index is 12.2. The molecule has 1 aromatic carbocycles. The lowest BCUT2D eigenvalue weighted by Crippen LogP contribution is -2.32. The molecule has 25 heavy (non-hydrogen) atoms. The third kappa shape index (κ3) is 4.23. The molecular formula is C15H13Cl2N7O. The van der Waals surface area contributed by atoms with Crippen LogP contribution in [0.3, 0.4) is 0 Å². The molecule has 0 spiro atoms. The second kappa shape index (κ2) is 7.45. The third-order valence-electron chi connectivity index (χ3n) is 3.17. The van der Waals surface area contributed by atoms with Gasteiger partial charge < -0.3 is 10.6 Å². The number of benzene rings is 1. The summed E-state index contributed by atoms with van der Waals surface area (Å²) in [6.45, 7) is 1.77. The number of rotatable bonds is 4. The number of amides is 2. The van der Waals surface area contributed by atoms with Gasteiger partial charge in [-0.05, 0) is 31.2 Å². The van der Waals surface area contributed by atoms with Gasteiger partial charge in [0.05, 0.1) is 6.04 Å². The molecule has 0 saturated heterocycles. The molecule has 2 amide bonds. The fourth-order valence-corrected chi connectivity index (χ4v) is 2.68. The zero-order chi connectivity index (χ0) is 17.8. The summed E-state index contributed by atoms with van der Waals surface area (Å²) in [7, 11) is 0. The number of aromatic nitrogens is 5. The Morgan fingerprint density at radius 1 is 1.12 bits per heavy atom. The zero-order valence-electron chi connectivity index (χ0n) is 13.0. The number of nitrogens with one attached hydrogen (secondary N) is 2. The third-order valence-corrected chi connectivity index (χ3v) is 3.61. The Hall–Kier alpha value is -2.71. The highest BCUT2D eigenvalue weighted by molar-refractivity contribution is 6.35. The largest absolute Gasteiger partial charge is 0.328 e. The quantitative estimate of drug-likeness (QED) is 0.726. The molecule has 2 heterocycles. The van der Waals surface area contributed by atoms with Crippen LogP contribution in [-0.4, -0.2) is 30.8 Å². The van der Waals surface area contributed by atoms with E-state index < -0.39 is 12.1 Å².